The summed E-state index contributed by atoms with van der Waals surface area (Å²) >= 11 is 6.34. The Bertz CT molecular complexity index is 1440. The summed E-state index contributed by atoms with van der Waals surface area (Å²) in [6, 6.07) is 4.91. The molecule has 6 rings (SSSR count). The summed E-state index contributed by atoms with van der Waals surface area (Å²) in [5.74, 6) is -0.444. The van der Waals surface area contributed by atoms with Crippen LogP contribution in [-0.2, 0) is 6.42 Å². The van der Waals surface area contributed by atoms with Crippen molar-refractivity contribution < 1.29 is 9.21 Å². The summed E-state index contributed by atoms with van der Waals surface area (Å²) in [5, 5.41) is 13.1. The van der Waals surface area contributed by atoms with Gasteiger partial charge >= 0.3 is 11.8 Å². The standard InChI is InChI=1S/C20H14ClN9O2/c21-11-2-1-6-30-15(11)8-13(28-30)17-16-12(24-10-25-16)3-7-29(17)20(31)19-27-26-18(32-19)14-9-22-4-5-23-14/h1-2,4-6,8-10,17H,3,7H2,(H,24,25). The highest BCUT2D eigenvalue weighted by Crippen LogP contribution is 2.35. The first-order valence-corrected chi connectivity index (χ1v) is 10.1. The van der Waals surface area contributed by atoms with Crippen molar-refractivity contribution in [1.82, 2.24) is 44.6 Å². The number of hydrogen-bond acceptors (Lipinski definition) is 8. The van der Waals surface area contributed by atoms with Crippen LogP contribution in [0.3, 0.4) is 0 Å². The minimum atomic E-state index is -0.541. The molecule has 1 aliphatic heterocycles. The molecule has 1 N–H and O–H groups in total. The van der Waals surface area contributed by atoms with Crippen molar-refractivity contribution in [2.75, 3.05) is 6.54 Å². The van der Waals surface area contributed by atoms with Crippen LogP contribution in [0.25, 0.3) is 17.1 Å². The molecule has 0 aromatic carbocycles. The van der Waals surface area contributed by atoms with E-state index < -0.39 is 11.9 Å². The van der Waals surface area contributed by atoms with Crippen LogP contribution >= 0.6 is 11.6 Å². The van der Waals surface area contributed by atoms with Crippen molar-refractivity contribution in [3.8, 4) is 11.6 Å². The van der Waals surface area contributed by atoms with Gasteiger partial charge in [0.05, 0.1) is 34.5 Å². The quantitative estimate of drug-likeness (QED) is 0.446. The molecule has 32 heavy (non-hydrogen) atoms. The van der Waals surface area contributed by atoms with Crippen molar-refractivity contribution in [2.45, 2.75) is 12.5 Å². The smallest absolute Gasteiger partial charge is 0.312 e. The average molecular weight is 448 g/mol. The molecular weight excluding hydrogens is 434 g/mol. The lowest BCUT2D eigenvalue weighted by atomic mass is 9.99. The fraction of sp³-hybridized carbons (Fsp3) is 0.150. The van der Waals surface area contributed by atoms with Gasteiger partial charge in [0, 0.05) is 37.3 Å². The molecule has 0 radical (unpaired) electrons. The molecule has 158 valence electrons. The summed E-state index contributed by atoms with van der Waals surface area (Å²) in [6.07, 6.45) is 8.56. The molecule has 0 spiro atoms. The lowest BCUT2D eigenvalue weighted by Gasteiger charge is -2.32. The van der Waals surface area contributed by atoms with Crippen LogP contribution in [0.1, 0.15) is 33.8 Å². The summed E-state index contributed by atoms with van der Waals surface area (Å²) in [5.41, 5.74) is 3.43. The molecule has 11 nitrogen and oxygen atoms in total. The van der Waals surface area contributed by atoms with Gasteiger partial charge in [0.1, 0.15) is 11.7 Å². The fourth-order valence-corrected chi connectivity index (χ4v) is 4.09. The lowest BCUT2D eigenvalue weighted by molar-refractivity contribution is 0.0646. The molecule has 1 aliphatic rings. The van der Waals surface area contributed by atoms with E-state index in [1.54, 1.807) is 28.0 Å². The van der Waals surface area contributed by atoms with Gasteiger partial charge in [-0.3, -0.25) is 9.78 Å². The molecule has 6 heterocycles. The number of carbonyl (C=O) groups excluding carboxylic acids is 1. The van der Waals surface area contributed by atoms with Crippen molar-refractivity contribution in [3.63, 3.8) is 0 Å². The SMILES string of the molecule is O=C(c1nnc(-c2cnccn2)o1)N1CCc2[nH]cnc2C1c1cc2c(Cl)cccn2n1. The highest BCUT2D eigenvalue weighted by molar-refractivity contribution is 6.33. The molecule has 0 saturated heterocycles. The normalized spacial score (nSPS) is 15.8. The van der Waals surface area contributed by atoms with Crippen LogP contribution < -0.4 is 0 Å². The largest absolute Gasteiger partial charge is 0.411 e. The Labute approximate surface area is 185 Å². The highest BCUT2D eigenvalue weighted by Gasteiger charge is 2.38. The number of imidazole rings is 1. The average Bonchev–Trinajstić information content (AvgIpc) is 3.58. The van der Waals surface area contributed by atoms with Crippen LogP contribution in [0.5, 0.6) is 0 Å². The van der Waals surface area contributed by atoms with Crippen LogP contribution in [0, 0.1) is 0 Å². The van der Waals surface area contributed by atoms with Crippen LogP contribution in [0.15, 0.2) is 53.7 Å². The Balaban J connectivity index is 1.41. The third kappa shape index (κ3) is 2.94. The number of rotatable bonds is 3. The van der Waals surface area contributed by atoms with Gasteiger partial charge in [-0.25, -0.2) is 14.5 Å². The molecule has 1 atom stereocenters. The number of nitrogens with zero attached hydrogens (tertiary/aromatic N) is 8. The van der Waals surface area contributed by atoms with Gasteiger partial charge in [-0.15, -0.1) is 10.2 Å². The van der Waals surface area contributed by atoms with Crippen molar-refractivity contribution in [1.29, 1.82) is 0 Å². The van der Waals surface area contributed by atoms with E-state index in [-0.39, 0.29) is 11.8 Å². The first kappa shape index (κ1) is 18.6. The molecule has 1 amide bonds. The zero-order valence-electron chi connectivity index (χ0n) is 16.4. The Morgan fingerprint density at radius 1 is 1.25 bits per heavy atom. The van der Waals surface area contributed by atoms with Crippen molar-refractivity contribution >= 4 is 23.0 Å². The fourth-order valence-electron chi connectivity index (χ4n) is 3.87. The van der Waals surface area contributed by atoms with Gasteiger partial charge in [0.15, 0.2) is 0 Å². The van der Waals surface area contributed by atoms with E-state index >= 15 is 0 Å². The van der Waals surface area contributed by atoms with Crippen molar-refractivity contribution in [3.05, 3.63) is 77.3 Å². The van der Waals surface area contributed by atoms with E-state index in [9.17, 15) is 4.79 Å². The maximum absolute atomic E-state index is 13.4. The number of halogens is 1. The second-order valence-electron chi connectivity index (χ2n) is 7.18. The first-order chi connectivity index (χ1) is 15.7. The number of pyridine rings is 1. The zero-order chi connectivity index (χ0) is 21.7. The monoisotopic (exact) mass is 447 g/mol. The van der Waals surface area contributed by atoms with Crippen molar-refractivity contribution in [2.24, 2.45) is 0 Å². The molecule has 0 saturated carbocycles. The van der Waals surface area contributed by atoms with E-state index in [0.29, 0.717) is 29.4 Å². The second kappa shape index (κ2) is 7.24. The number of H-pyrrole nitrogens is 1. The minimum absolute atomic E-state index is 0.120. The van der Waals surface area contributed by atoms with E-state index in [0.717, 1.165) is 16.9 Å². The number of amides is 1. The van der Waals surface area contributed by atoms with Crippen LogP contribution in [0.2, 0.25) is 5.02 Å². The number of hydrogen-bond donors (Lipinski definition) is 1. The molecule has 0 bridgehead atoms. The molecule has 0 aliphatic carbocycles. The summed E-state index contributed by atoms with van der Waals surface area (Å²) in [6.45, 7) is 0.420. The molecule has 1 unspecified atom stereocenters. The summed E-state index contributed by atoms with van der Waals surface area (Å²) in [4.78, 5) is 30.8. The van der Waals surface area contributed by atoms with Gasteiger partial charge in [-0.1, -0.05) is 11.6 Å². The maximum Gasteiger partial charge on any atom is 0.312 e. The van der Waals surface area contributed by atoms with E-state index in [4.69, 9.17) is 16.0 Å². The minimum Gasteiger partial charge on any atom is -0.411 e. The van der Waals surface area contributed by atoms with Gasteiger partial charge < -0.3 is 14.3 Å². The molecule has 5 aromatic heterocycles. The summed E-state index contributed by atoms with van der Waals surface area (Å²) < 4.78 is 7.31. The van der Waals surface area contributed by atoms with E-state index in [1.807, 2.05) is 12.1 Å². The van der Waals surface area contributed by atoms with E-state index in [1.165, 1.54) is 18.6 Å². The number of carbonyl (C=O) groups is 1. The van der Waals surface area contributed by atoms with Crippen LogP contribution in [-0.4, -0.2) is 57.1 Å². The Morgan fingerprint density at radius 3 is 3.03 bits per heavy atom. The van der Waals surface area contributed by atoms with Crippen LogP contribution in [0.4, 0.5) is 0 Å². The van der Waals surface area contributed by atoms with Gasteiger partial charge in [-0.2, -0.15) is 5.10 Å². The number of nitrogens with one attached hydrogen (secondary N) is 1. The van der Waals surface area contributed by atoms with Gasteiger partial charge in [-0.05, 0) is 18.2 Å². The predicted octanol–water partition coefficient (Wildman–Crippen LogP) is 2.34. The van der Waals surface area contributed by atoms with Gasteiger partial charge in [0.25, 0.3) is 5.89 Å². The number of aromatic amines is 1. The Hall–Kier alpha value is -4.12. The molecule has 0 fully saturated rings. The third-order valence-corrected chi connectivity index (χ3v) is 5.65. The molecule has 12 heteroatoms. The van der Waals surface area contributed by atoms with E-state index in [2.05, 4.69) is 35.2 Å². The Morgan fingerprint density at radius 2 is 2.19 bits per heavy atom. The first-order valence-electron chi connectivity index (χ1n) is 9.76. The topological polar surface area (TPSA) is 131 Å². The highest BCUT2D eigenvalue weighted by atomic mass is 35.5. The molecule has 5 aromatic rings. The maximum atomic E-state index is 13.4. The Kier molecular flexibility index (Phi) is 4.21. The predicted molar refractivity (Wildman–Crippen MR) is 111 cm³/mol. The number of fused-ring (bicyclic) bond motifs is 2. The second-order valence-corrected chi connectivity index (χ2v) is 7.58. The zero-order valence-corrected chi connectivity index (χ0v) is 17.1. The van der Waals surface area contributed by atoms with Gasteiger partial charge in [0.2, 0.25) is 0 Å². The third-order valence-electron chi connectivity index (χ3n) is 5.33. The lowest BCUT2D eigenvalue weighted by Crippen LogP contribution is -2.41. The number of aromatic nitrogens is 8. The molecular formula is C20H14ClN9O2. The summed E-state index contributed by atoms with van der Waals surface area (Å²) in [7, 11) is 0.